The lowest BCUT2D eigenvalue weighted by molar-refractivity contribution is 0.0584. The number of aromatic nitrogens is 3. The summed E-state index contributed by atoms with van der Waals surface area (Å²) in [6.07, 6.45) is 5.64. The number of carbonyl (C=O) groups excluding carboxylic acids is 1. The van der Waals surface area contributed by atoms with E-state index in [0.29, 0.717) is 18.0 Å². The zero-order valence-corrected chi connectivity index (χ0v) is 16.0. The molecule has 0 spiro atoms. The number of rotatable bonds is 4. The summed E-state index contributed by atoms with van der Waals surface area (Å²) in [4.78, 5) is 37.2. The molecule has 27 heavy (non-hydrogen) atoms. The number of aryl methyl sites for hydroxylation is 2. The average molecular weight is 369 g/mol. The van der Waals surface area contributed by atoms with Gasteiger partial charge in [0.1, 0.15) is 0 Å². The van der Waals surface area contributed by atoms with Crippen LogP contribution in [0.2, 0.25) is 0 Å². The van der Waals surface area contributed by atoms with Gasteiger partial charge < -0.3 is 14.5 Å². The largest absolute Gasteiger partial charge is 0.348 e. The summed E-state index contributed by atoms with van der Waals surface area (Å²) in [7, 11) is 0. The quantitative estimate of drug-likeness (QED) is 0.889. The third kappa shape index (κ3) is 3.56. The maximum Gasteiger partial charge on any atom is 0.254 e. The Balaban J connectivity index is 1.52. The molecule has 0 saturated carbocycles. The van der Waals surface area contributed by atoms with Crippen molar-refractivity contribution in [3.63, 3.8) is 0 Å². The molecule has 3 saturated heterocycles. The summed E-state index contributed by atoms with van der Waals surface area (Å²) in [5, 5.41) is 0. The molecule has 3 aliphatic heterocycles. The highest BCUT2D eigenvalue weighted by atomic mass is 16.2. The van der Waals surface area contributed by atoms with E-state index in [1.807, 2.05) is 18.7 Å². The van der Waals surface area contributed by atoms with Crippen molar-refractivity contribution in [2.45, 2.75) is 45.8 Å². The van der Waals surface area contributed by atoms with E-state index < -0.39 is 0 Å². The second-order valence-electron chi connectivity index (χ2n) is 7.76. The molecule has 1 N–H and O–H groups in total. The van der Waals surface area contributed by atoms with Gasteiger partial charge in [-0.25, -0.2) is 4.98 Å². The molecular weight excluding hydrogens is 342 g/mol. The third-order valence-corrected chi connectivity index (χ3v) is 5.94. The number of fused-ring (bicyclic) bond motifs is 4. The molecule has 2 atom stereocenters. The van der Waals surface area contributed by atoms with Gasteiger partial charge in [-0.15, -0.1) is 0 Å². The third-order valence-electron chi connectivity index (χ3n) is 5.94. The smallest absolute Gasteiger partial charge is 0.254 e. The summed E-state index contributed by atoms with van der Waals surface area (Å²) in [5.41, 5.74) is 2.58. The van der Waals surface area contributed by atoms with Crippen molar-refractivity contribution in [1.29, 1.82) is 0 Å². The molecule has 5 heterocycles. The van der Waals surface area contributed by atoms with Gasteiger partial charge >= 0.3 is 0 Å². The second kappa shape index (κ2) is 7.31. The van der Waals surface area contributed by atoms with Crippen molar-refractivity contribution >= 4 is 5.91 Å². The molecule has 2 bridgehead atoms. The summed E-state index contributed by atoms with van der Waals surface area (Å²) in [6.45, 7) is 8.02. The van der Waals surface area contributed by atoms with Crippen LogP contribution in [-0.2, 0) is 13.1 Å². The molecule has 1 amide bonds. The fraction of sp³-hybridized carbons (Fsp3) is 0.550. The SMILES string of the molecule is CCn1ccc(C(=O)N2C[C@@H]3CC[C@H]2CN(Cc2nc[nH]c2C)C3)cc1=O. The standard InChI is InChI=1S/C20H27N5O2/c1-3-24-7-6-16(8-19(24)26)20(27)25-10-15-4-5-17(25)11-23(9-15)12-18-14(2)21-13-22-18/h6-8,13,15,17H,3-5,9-12H2,1-2H3,(H,21,22)/t15-,17+/m1/s1. The number of piperidine rings is 1. The zero-order valence-electron chi connectivity index (χ0n) is 16.0. The van der Waals surface area contributed by atoms with E-state index in [1.165, 1.54) is 6.07 Å². The number of carbonyl (C=O) groups is 1. The molecule has 0 aliphatic carbocycles. The number of hydrogen-bond acceptors (Lipinski definition) is 4. The molecule has 2 aromatic rings. The van der Waals surface area contributed by atoms with Gasteiger partial charge in [-0.2, -0.15) is 0 Å². The van der Waals surface area contributed by atoms with Crippen LogP contribution < -0.4 is 5.56 Å². The number of nitrogens with zero attached hydrogens (tertiary/aromatic N) is 4. The summed E-state index contributed by atoms with van der Waals surface area (Å²) >= 11 is 0. The first kappa shape index (κ1) is 18.0. The Morgan fingerprint density at radius 3 is 2.85 bits per heavy atom. The van der Waals surface area contributed by atoms with Gasteiger partial charge in [0.25, 0.3) is 11.5 Å². The molecule has 0 aromatic carbocycles. The highest BCUT2D eigenvalue weighted by molar-refractivity contribution is 5.94. The van der Waals surface area contributed by atoms with Crippen LogP contribution in [-0.4, -0.2) is 55.9 Å². The fourth-order valence-corrected chi connectivity index (χ4v) is 4.38. The Hall–Kier alpha value is -2.41. The number of imidazole rings is 1. The van der Waals surface area contributed by atoms with Crippen LogP contribution in [0.4, 0.5) is 0 Å². The summed E-state index contributed by atoms with van der Waals surface area (Å²) in [6, 6.07) is 3.45. The van der Waals surface area contributed by atoms with E-state index in [-0.39, 0.29) is 17.5 Å². The summed E-state index contributed by atoms with van der Waals surface area (Å²) in [5.74, 6) is 0.464. The topological polar surface area (TPSA) is 74.2 Å². The molecule has 7 heteroatoms. The van der Waals surface area contributed by atoms with Crippen LogP contribution in [0.25, 0.3) is 0 Å². The van der Waals surface area contributed by atoms with Crippen LogP contribution in [0.1, 0.15) is 41.5 Å². The Bertz CT molecular complexity index is 886. The van der Waals surface area contributed by atoms with Crippen LogP contribution in [0.15, 0.2) is 29.5 Å². The number of nitrogens with one attached hydrogen (secondary N) is 1. The molecule has 0 radical (unpaired) electrons. The molecule has 3 fully saturated rings. The van der Waals surface area contributed by atoms with Gasteiger partial charge in [0.05, 0.1) is 12.0 Å². The minimum absolute atomic E-state index is 0.0112. The van der Waals surface area contributed by atoms with Gasteiger partial charge in [-0.1, -0.05) is 0 Å². The molecular formula is C20H27N5O2. The minimum Gasteiger partial charge on any atom is -0.348 e. The normalized spacial score (nSPS) is 22.8. The zero-order chi connectivity index (χ0) is 19.0. The fourth-order valence-electron chi connectivity index (χ4n) is 4.38. The van der Waals surface area contributed by atoms with E-state index >= 15 is 0 Å². The number of aromatic amines is 1. The van der Waals surface area contributed by atoms with Crippen LogP contribution in [0.3, 0.4) is 0 Å². The monoisotopic (exact) mass is 369 g/mol. The van der Waals surface area contributed by atoms with Gasteiger partial charge in [0, 0.05) is 62.3 Å². The molecule has 0 unspecified atom stereocenters. The Kier molecular flexibility index (Phi) is 4.86. The number of amides is 1. The predicted molar refractivity (Wildman–Crippen MR) is 103 cm³/mol. The summed E-state index contributed by atoms with van der Waals surface area (Å²) < 4.78 is 1.61. The number of hydrogen-bond donors (Lipinski definition) is 1. The molecule has 7 nitrogen and oxygen atoms in total. The van der Waals surface area contributed by atoms with Crippen molar-refractivity contribution in [1.82, 2.24) is 24.3 Å². The second-order valence-corrected chi connectivity index (χ2v) is 7.76. The van der Waals surface area contributed by atoms with Crippen molar-refractivity contribution in [3.8, 4) is 0 Å². The van der Waals surface area contributed by atoms with Gasteiger partial charge in [-0.05, 0) is 38.7 Å². The van der Waals surface area contributed by atoms with E-state index in [1.54, 1.807) is 23.2 Å². The maximum absolute atomic E-state index is 13.1. The highest BCUT2D eigenvalue weighted by Crippen LogP contribution is 2.29. The van der Waals surface area contributed by atoms with E-state index in [4.69, 9.17) is 0 Å². The Morgan fingerprint density at radius 2 is 2.15 bits per heavy atom. The Morgan fingerprint density at radius 1 is 1.30 bits per heavy atom. The van der Waals surface area contributed by atoms with E-state index in [2.05, 4.69) is 14.9 Å². The first-order valence-corrected chi connectivity index (χ1v) is 9.77. The highest BCUT2D eigenvalue weighted by Gasteiger charge is 2.37. The number of pyridine rings is 1. The van der Waals surface area contributed by atoms with E-state index in [0.717, 1.165) is 50.4 Å². The maximum atomic E-state index is 13.1. The molecule has 3 aliphatic rings. The molecule has 144 valence electrons. The average Bonchev–Trinajstić information content (AvgIpc) is 2.88. The first-order valence-electron chi connectivity index (χ1n) is 9.77. The minimum atomic E-state index is -0.112. The molecule has 2 aromatic heterocycles. The van der Waals surface area contributed by atoms with Crippen molar-refractivity contribution in [3.05, 3.63) is 52.0 Å². The van der Waals surface area contributed by atoms with Crippen molar-refractivity contribution in [2.75, 3.05) is 19.6 Å². The van der Waals surface area contributed by atoms with Crippen molar-refractivity contribution < 1.29 is 4.79 Å². The van der Waals surface area contributed by atoms with Crippen molar-refractivity contribution in [2.24, 2.45) is 5.92 Å². The lowest BCUT2D eigenvalue weighted by Crippen LogP contribution is -2.47. The van der Waals surface area contributed by atoms with Gasteiger partial charge in [0.15, 0.2) is 0 Å². The van der Waals surface area contributed by atoms with Gasteiger partial charge in [0.2, 0.25) is 0 Å². The number of H-pyrrole nitrogens is 1. The first-order chi connectivity index (χ1) is 13.0. The Labute approximate surface area is 159 Å². The lowest BCUT2D eigenvalue weighted by Gasteiger charge is -2.36. The van der Waals surface area contributed by atoms with Crippen LogP contribution in [0, 0.1) is 12.8 Å². The van der Waals surface area contributed by atoms with E-state index in [9.17, 15) is 9.59 Å². The lowest BCUT2D eigenvalue weighted by atomic mass is 9.94. The van der Waals surface area contributed by atoms with Crippen LogP contribution in [0.5, 0.6) is 0 Å². The van der Waals surface area contributed by atoms with Crippen LogP contribution >= 0.6 is 0 Å². The van der Waals surface area contributed by atoms with Gasteiger partial charge in [-0.3, -0.25) is 14.5 Å². The molecule has 5 rings (SSSR count). The predicted octanol–water partition coefficient (Wildman–Crippen LogP) is 1.64.